The largest absolute Gasteiger partial charge is 0.271 e. The number of nitrogens with zero attached hydrogens (tertiary/aromatic N) is 2. The van der Waals surface area contributed by atoms with Crippen molar-refractivity contribution in [1.29, 1.82) is 0 Å². The molecule has 20 heavy (non-hydrogen) atoms. The third-order valence-corrected chi connectivity index (χ3v) is 4.51. The van der Waals surface area contributed by atoms with E-state index in [0.29, 0.717) is 0 Å². The minimum atomic E-state index is 0.221. The van der Waals surface area contributed by atoms with Gasteiger partial charge in [0, 0.05) is 19.0 Å². The molecule has 0 bridgehead atoms. The van der Waals surface area contributed by atoms with E-state index in [4.69, 9.17) is 17.4 Å². The lowest BCUT2D eigenvalue weighted by atomic mass is 9.93. The topological polar surface area (TPSA) is 55.9 Å². The van der Waals surface area contributed by atoms with Gasteiger partial charge in [0.25, 0.3) is 0 Å². The van der Waals surface area contributed by atoms with E-state index in [0.717, 1.165) is 35.8 Å². The van der Waals surface area contributed by atoms with E-state index in [9.17, 15) is 0 Å². The number of halogens is 1. The van der Waals surface area contributed by atoms with Gasteiger partial charge in [-0.2, -0.15) is 5.10 Å². The maximum absolute atomic E-state index is 6.37. The number of nitrogens with two attached hydrogens (primary N) is 1. The van der Waals surface area contributed by atoms with Crippen molar-refractivity contribution in [3.05, 3.63) is 28.1 Å². The summed E-state index contributed by atoms with van der Waals surface area (Å²) in [5.74, 6) is 5.74. The van der Waals surface area contributed by atoms with Gasteiger partial charge >= 0.3 is 0 Å². The van der Waals surface area contributed by atoms with E-state index in [1.807, 2.05) is 11.6 Å². The normalized spacial score (nSPS) is 17.1. The van der Waals surface area contributed by atoms with Gasteiger partial charge in [-0.25, -0.2) is 0 Å². The van der Waals surface area contributed by atoms with Crippen molar-refractivity contribution < 1.29 is 0 Å². The minimum absolute atomic E-state index is 0.221. The van der Waals surface area contributed by atoms with Crippen molar-refractivity contribution in [2.75, 3.05) is 0 Å². The molecule has 1 heterocycles. The Bertz CT molecular complexity index is 478. The molecule has 2 rings (SSSR count). The zero-order valence-electron chi connectivity index (χ0n) is 12.5. The highest BCUT2D eigenvalue weighted by Crippen LogP contribution is 2.25. The maximum Gasteiger partial charge on any atom is 0.0847 e. The second-order valence-corrected chi connectivity index (χ2v) is 5.92. The zero-order chi connectivity index (χ0) is 14.5. The molecule has 1 aromatic rings. The molecule has 0 saturated carbocycles. The fourth-order valence-electron chi connectivity index (χ4n) is 2.89. The van der Waals surface area contributed by atoms with Gasteiger partial charge in [0.1, 0.15) is 0 Å². The lowest BCUT2D eigenvalue weighted by Crippen LogP contribution is -2.37. The Morgan fingerprint density at radius 2 is 2.25 bits per heavy atom. The quantitative estimate of drug-likeness (QED) is 0.482. The lowest BCUT2D eigenvalue weighted by Gasteiger charge is -2.20. The van der Waals surface area contributed by atoms with Crippen LogP contribution in [0.4, 0.5) is 0 Å². The lowest BCUT2D eigenvalue weighted by molar-refractivity contribution is 0.483. The molecule has 5 heteroatoms. The van der Waals surface area contributed by atoms with Crippen LogP contribution in [0.5, 0.6) is 0 Å². The molecule has 1 aliphatic rings. The fraction of sp³-hybridized carbons (Fsp3) is 0.667. The Labute approximate surface area is 126 Å². The van der Waals surface area contributed by atoms with E-state index in [2.05, 4.69) is 23.5 Å². The maximum atomic E-state index is 6.37. The van der Waals surface area contributed by atoms with Crippen LogP contribution in [0.3, 0.4) is 0 Å². The number of hydrazine groups is 1. The molecule has 0 spiro atoms. The average Bonchev–Trinajstić information content (AvgIpc) is 2.75. The number of hydrogen-bond donors (Lipinski definition) is 2. The Morgan fingerprint density at radius 1 is 1.45 bits per heavy atom. The highest BCUT2D eigenvalue weighted by atomic mass is 35.5. The summed E-state index contributed by atoms with van der Waals surface area (Å²) in [6.07, 6.45) is 9.23. The number of allylic oxidation sites excluding steroid dienone is 1. The minimum Gasteiger partial charge on any atom is -0.271 e. The number of aromatic nitrogens is 2. The van der Waals surface area contributed by atoms with Crippen LogP contribution in [-0.2, 0) is 13.0 Å². The molecular weight excluding hydrogens is 272 g/mol. The van der Waals surface area contributed by atoms with Crippen LogP contribution in [0.15, 0.2) is 11.6 Å². The predicted octanol–water partition coefficient (Wildman–Crippen LogP) is 3.13. The van der Waals surface area contributed by atoms with E-state index in [1.54, 1.807) is 0 Å². The van der Waals surface area contributed by atoms with Crippen molar-refractivity contribution in [3.63, 3.8) is 0 Å². The van der Waals surface area contributed by atoms with Crippen LogP contribution >= 0.6 is 11.6 Å². The highest BCUT2D eigenvalue weighted by Gasteiger charge is 2.18. The van der Waals surface area contributed by atoms with Gasteiger partial charge in [-0.15, -0.1) is 0 Å². The van der Waals surface area contributed by atoms with E-state index >= 15 is 0 Å². The van der Waals surface area contributed by atoms with Crippen LogP contribution in [-0.4, -0.2) is 15.8 Å². The Kier molecular flexibility index (Phi) is 5.64. The number of rotatable bonds is 6. The van der Waals surface area contributed by atoms with Gasteiger partial charge in [0.2, 0.25) is 0 Å². The van der Waals surface area contributed by atoms with Gasteiger partial charge in [-0.1, -0.05) is 23.3 Å². The average molecular weight is 297 g/mol. The van der Waals surface area contributed by atoms with Crippen molar-refractivity contribution in [3.8, 4) is 0 Å². The Hall–Kier alpha value is -0.840. The molecule has 0 saturated heterocycles. The number of aryl methyl sites for hydroxylation is 2. The highest BCUT2D eigenvalue weighted by molar-refractivity contribution is 6.31. The second-order valence-electron chi connectivity index (χ2n) is 5.54. The molecule has 1 atom stereocenters. The molecular formula is C15H25ClN4. The first-order chi connectivity index (χ1) is 9.65. The van der Waals surface area contributed by atoms with Crippen molar-refractivity contribution >= 4 is 11.6 Å². The summed E-state index contributed by atoms with van der Waals surface area (Å²) in [7, 11) is 0. The van der Waals surface area contributed by atoms with E-state index < -0.39 is 0 Å². The van der Waals surface area contributed by atoms with Crippen molar-refractivity contribution in [2.45, 2.75) is 65.0 Å². The Morgan fingerprint density at radius 3 is 2.85 bits per heavy atom. The van der Waals surface area contributed by atoms with E-state index in [1.165, 1.54) is 31.3 Å². The molecule has 0 fully saturated rings. The van der Waals surface area contributed by atoms with Gasteiger partial charge in [0.15, 0.2) is 0 Å². The van der Waals surface area contributed by atoms with Crippen molar-refractivity contribution in [1.82, 2.24) is 15.2 Å². The monoisotopic (exact) mass is 296 g/mol. The molecule has 0 aromatic carbocycles. The first-order valence-corrected chi connectivity index (χ1v) is 7.89. The summed E-state index contributed by atoms with van der Waals surface area (Å²) in [5.41, 5.74) is 6.46. The first kappa shape index (κ1) is 15.5. The van der Waals surface area contributed by atoms with E-state index in [-0.39, 0.29) is 6.04 Å². The first-order valence-electron chi connectivity index (χ1n) is 7.51. The van der Waals surface area contributed by atoms with Crippen LogP contribution in [0.1, 0.15) is 50.4 Å². The second kappa shape index (κ2) is 7.25. The molecule has 0 amide bonds. The fourth-order valence-corrected chi connectivity index (χ4v) is 3.11. The SMILES string of the molecule is CCn1nc(C)c(Cl)c1CC(CC1=CCCCC1)NN. The van der Waals surface area contributed by atoms with Crippen molar-refractivity contribution in [2.24, 2.45) is 5.84 Å². The summed E-state index contributed by atoms with van der Waals surface area (Å²) >= 11 is 6.37. The molecule has 0 radical (unpaired) electrons. The summed E-state index contributed by atoms with van der Waals surface area (Å²) in [6.45, 7) is 4.87. The molecule has 3 N–H and O–H groups in total. The predicted molar refractivity (Wildman–Crippen MR) is 83.6 cm³/mol. The van der Waals surface area contributed by atoms with Crippen LogP contribution in [0.2, 0.25) is 5.02 Å². The number of nitrogens with one attached hydrogen (secondary N) is 1. The molecule has 4 nitrogen and oxygen atoms in total. The standard InChI is InChI=1S/C15H25ClN4/c1-3-20-14(15(16)11(2)19-20)10-13(18-17)9-12-7-5-4-6-8-12/h7,13,18H,3-6,8-10,17H2,1-2H3. The van der Waals surface area contributed by atoms with Crippen LogP contribution in [0, 0.1) is 6.92 Å². The van der Waals surface area contributed by atoms with Gasteiger partial charge in [-0.3, -0.25) is 16.0 Å². The van der Waals surface area contributed by atoms with Gasteiger partial charge in [-0.05, 0) is 46.0 Å². The summed E-state index contributed by atoms with van der Waals surface area (Å²) < 4.78 is 1.98. The summed E-state index contributed by atoms with van der Waals surface area (Å²) in [6, 6.07) is 0.221. The summed E-state index contributed by atoms with van der Waals surface area (Å²) in [5, 5.41) is 5.25. The van der Waals surface area contributed by atoms with Crippen LogP contribution in [0.25, 0.3) is 0 Å². The van der Waals surface area contributed by atoms with Gasteiger partial charge in [0.05, 0.1) is 16.4 Å². The number of hydrogen-bond acceptors (Lipinski definition) is 3. The molecule has 1 aliphatic carbocycles. The molecule has 0 aliphatic heterocycles. The van der Waals surface area contributed by atoms with Gasteiger partial charge < -0.3 is 0 Å². The molecule has 1 aromatic heterocycles. The zero-order valence-corrected chi connectivity index (χ0v) is 13.2. The smallest absolute Gasteiger partial charge is 0.0847 e. The molecule has 1 unspecified atom stereocenters. The third-order valence-electron chi connectivity index (χ3n) is 4.02. The summed E-state index contributed by atoms with van der Waals surface area (Å²) in [4.78, 5) is 0. The Balaban J connectivity index is 2.07. The molecule has 112 valence electrons. The third kappa shape index (κ3) is 3.62. The van der Waals surface area contributed by atoms with Crippen LogP contribution < -0.4 is 11.3 Å².